The van der Waals surface area contributed by atoms with Crippen molar-refractivity contribution >= 4 is 50.9 Å². The number of piperazine rings is 1. The summed E-state index contributed by atoms with van der Waals surface area (Å²) in [5, 5.41) is 10.8. The maximum atomic E-state index is 13.9. The number of thioether (sulfide) groups is 1. The zero-order valence-electron chi connectivity index (χ0n) is 20.1. The molecule has 38 heavy (non-hydrogen) atoms. The summed E-state index contributed by atoms with van der Waals surface area (Å²) in [5.41, 5.74) is 2.59. The summed E-state index contributed by atoms with van der Waals surface area (Å²) in [7, 11) is 0. The van der Waals surface area contributed by atoms with Crippen LogP contribution in [0.5, 0.6) is 0 Å². The maximum Gasteiger partial charge on any atom is 0.277 e. The molecule has 3 aromatic carbocycles. The first kappa shape index (κ1) is 25.9. The Morgan fingerprint density at radius 3 is 2.47 bits per heavy atom. The summed E-state index contributed by atoms with van der Waals surface area (Å²) in [6.45, 7) is 2.72. The molecule has 1 aliphatic rings. The third kappa shape index (κ3) is 6.22. The van der Waals surface area contributed by atoms with Crippen molar-refractivity contribution in [2.45, 2.75) is 5.22 Å². The molecule has 1 saturated heterocycles. The van der Waals surface area contributed by atoms with E-state index in [2.05, 4.69) is 36.3 Å². The Bertz CT molecular complexity index is 1440. The smallest absolute Gasteiger partial charge is 0.277 e. The van der Waals surface area contributed by atoms with Gasteiger partial charge in [0.25, 0.3) is 17.0 Å². The zero-order chi connectivity index (χ0) is 26.5. The maximum absolute atomic E-state index is 13.9. The fourth-order valence-electron chi connectivity index (χ4n) is 4.06. The minimum atomic E-state index is -0.454. The number of carbonyl (C=O) groups excluding carboxylic acids is 2. The highest BCUT2D eigenvalue weighted by Crippen LogP contribution is 2.26. The summed E-state index contributed by atoms with van der Waals surface area (Å²) >= 11 is 4.50. The lowest BCUT2D eigenvalue weighted by atomic mass is 10.1. The van der Waals surface area contributed by atoms with Crippen LogP contribution in [0.2, 0.25) is 0 Å². The molecule has 11 heteroatoms. The third-order valence-corrected chi connectivity index (χ3v) is 7.30. The normalized spacial score (nSPS) is 13.4. The molecule has 0 atom stereocenters. The molecule has 0 unspecified atom stereocenters. The summed E-state index contributed by atoms with van der Waals surface area (Å²) in [5.74, 6) is -0.516. The van der Waals surface area contributed by atoms with E-state index in [1.807, 2.05) is 53.4 Å². The molecule has 0 radical (unpaired) electrons. The fourth-order valence-corrected chi connectivity index (χ4v) is 5.03. The zero-order valence-corrected chi connectivity index (χ0v) is 22.5. The number of anilines is 2. The lowest BCUT2D eigenvalue weighted by Gasteiger charge is -2.36. The summed E-state index contributed by atoms with van der Waals surface area (Å²) < 4.78 is 20.3. The molecule has 0 spiro atoms. The van der Waals surface area contributed by atoms with Gasteiger partial charge in [0.1, 0.15) is 5.82 Å². The Labute approximate surface area is 231 Å². The number of aromatic nitrogens is 2. The first-order chi connectivity index (χ1) is 18.5. The van der Waals surface area contributed by atoms with Crippen molar-refractivity contribution in [3.05, 3.63) is 88.6 Å². The molecule has 1 N–H and O–H groups in total. The van der Waals surface area contributed by atoms with Gasteiger partial charge in [-0.05, 0) is 54.6 Å². The van der Waals surface area contributed by atoms with E-state index in [1.165, 1.54) is 6.07 Å². The van der Waals surface area contributed by atoms with Crippen molar-refractivity contribution in [2.75, 3.05) is 42.1 Å². The second-order valence-electron chi connectivity index (χ2n) is 8.53. The second kappa shape index (κ2) is 11.8. The van der Waals surface area contributed by atoms with Gasteiger partial charge < -0.3 is 19.5 Å². The first-order valence-electron chi connectivity index (χ1n) is 11.9. The standard InChI is InChI=1S/C27H23BrFN5O3S/c28-19-5-3-4-18(16-19)26(36)34-14-12-33(13-15-34)21-10-8-20(9-11-21)30-24(35)17-38-27-32-31-25(37-27)22-6-1-2-7-23(22)29/h1-11,16H,12-15,17H2,(H,30,35). The molecule has 2 heterocycles. The summed E-state index contributed by atoms with van der Waals surface area (Å²) in [4.78, 5) is 29.3. The summed E-state index contributed by atoms with van der Waals surface area (Å²) in [6.07, 6.45) is 0. The average molecular weight is 596 g/mol. The predicted octanol–water partition coefficient (Wildman–Crippen LogP) is 5.33. The molecular formula is C27H23BrFN5O3S. The molecule has 194 valence electrons. The van der Waals surface area contributed by atoms with E-state index in [0.717, 1.165) is 35.0 Å². The van der Waals surface area contributed by atoms with E-state index in [4.69, 9.17) is 4.42 Å². The topological polar surface area (TPSA) is 91.6 Å². The number of nitrogens with one attached hydrogen (secondary N) is 1. The monoisotopic (exact) mass is 595 g/mol. The van der Waals surface area contributed by atoms with Crippen LogP contribution in [-0.2, 0) is 4.79 Å². The van der Waals surface area contributed by atoms with Gasteiger partial charge in [0.2, 0.25) is 5.91 Å². The quantitative estimate of drug-likeness (QED) is 0.289. The Morgan fingerprint density at radius 2 is 1.74 bits per heavy atom. The first-order valence-corrected chi connectivity index (χ1v) is 13.6. The van der Waals surface area contributed by atoms with Crippen LogP contribution < -0.4 is 10.2 Å². The van der Waals surface area contributed by atoms with Crippen molar-refractivity contribution < 1.29 is 18.4 Å². The predicted molar refractivity (Wildman–Crippen MR) is 148 cm³/mol. The van der Waals surface area contributed by atoms with Gasteiger partial charge in [-0.25, -0.2) is 4.39 Å². The molecule has 4 aromatic rings. The van der Waals surface area contributed by atoms with Crippen LogP contribution in [0.4, 0.5) is 15.8 Å². The van der Waals surface area contributed by atoms with Crippen molar-refractivity contribution in [2.24, 2.45) is 0 Å². The van der Waals surface area contributed by atoms with Gasteiger partial charge in [-0.2, -0.15) is 0 Å². The number of nitrogens with zero attached hydrogens (tertiary/aromatic N) is 4. The SMILES string of the molecule is O=C(CSc1nnc(-c2ccccc2F)o1)Nc1ccc(N2CCN(C(=O)c3cccc(Br)c3)CC2)cc1. The van der Waals surface area contributed by atoms with E-state index in [-0.39, 0.29) is 34.2 Å². The molecule has 1 fully saturated rings. The van der Waals surface area contributed by atoms with Crippen LogP contribution in [0, 0.1) is 5.82 Å². The number of halogens is 2. The number of rotatable bonds is 7. The van der Waals surface area contributed by atoms with Gasteiger partial charge in [0, 0.05) is 47.6 Å². The van der Waals surface area contributed by atoms with Crippen molar-refractivity contribution in [3.63, 3.8) is 0 Å². The van der Waals surface area contributed by atoms with E-state index in [0.29, 0.717) is 24.3 Å². The third-order valence-electron chi connectivity index (χ3n) is 5.99. The van der Waals surface area contributed by atoms with Crippen molar-refractivity contribution in [1.29, 1.82) is 0 Å². The van der Waals surface area contributed by atoms with Crippen LogP contribution >= 0.6 is 27.7 Å². The van der Waals surface area contributed by atoms with Gasteiger partial charge in [-0.3, -0.25) is 9.59 Å². The molecule has 2 amide bonds. The minimum absolute atomic E-state index is 0.0332. The molecule has 1 aliphatic heterocycles. The number of benzene rings is 3. The lowest BCUT2D eigenvalue weighted by Crippen LogP contribution is -2.48. The van der Waals surface area contributed by atoms with Crippen LogP contribution in [0.3, 0.4) is 0 Å². The number of hydrogen-bond acceptors (Lipinski definition) is 7. The lowest BCUT2D eigenvalue weighted by molar-refractivity contribution is -0.113. The van der Waals surface area contributed by atoms with Crippen molar-refractivity contribution in [3.8, 4) is 11.5 Å². The van der Waals surface area contributed by atoms with Gasteiger partial charge in [-0.15, -0.1) is 10.2 Å². The molecule has 0 saturated carbocycles. The molecule has 0 bridgehead atoms. The Balaban J connectivity index is 1.09. The van der Waals surface area contributed by atoms with Gasteiger partial charge in [0.05, 0.1) is 11.3 Å². The Hall–Kier alpha value is -3.70. The number of hydrogen-bond donors (Lipinski definition) is 1. The van der Waals surface area contributed by atoms with Crippen LogP contribution in [-0.4, -0.2) is 58.8 Å². The van der Waals surface area contributed by atoms with Crippen LogP contribution in [0.1, 0.15) is 10.4 Å². The van der Waals surface area contributed by atoms with Gasteiger partial charge in [-0.1, -0.05) is 45.9 Å². The highest BCUT2D eigenvalue weighted by Gasteiger charge is 2.22. The highest BCUT2D eigenvalue weighted by molar-refractivity contribution is 9.10. The number of amides is 2. The largest absolute Gasteiger partial charge is 0.411 e. The van der Waals surface area contributed by atoms with E-state index in [1.54, 1.807) is 18.2 Å². The van der Waals surface area contributed by atoms with Gasteiger partial charge >= 0.3 is 0 Å². The molecular weight excluding hydrogens is 573 g/mol. The highest BCUT2D eigenvalue weighted by atomic mass is 79.9. The van der Waals surface area contributed by atoms with E-state index >= 15 is 0 Å². The van der Waals surface area contributed by atoms with Crippen molar-refractivity contribution in [1.82, 2.24) is 15.1 Å². The Morgan fingerprint density at radius 1 is 0.974 bits per heavy atom. The molecule has 8 nitrogen and oxygen atoms in total. The fraction of sp³-hybridized carbons (Fsp3) is 0.185. The minimum Gasteiger partial charge on any atom is -0.411 e. The Kier molecular flexibility index (Phi) is 8.04. The van der Waals surface area contributed by atoms with Crippen LogP contribution in [0.25, 0.3) is 11.5 Å². The molecule has 0 aliphatic carbocycles. The second-order valence-corrected chi connectivity index (χ2v) is 10.4. The average Bonchev–Trinajstić information content (AvgIpc) is 3.41. The van der Waals surface area contributed by atoms with E-state index in [9.17, 15) is 14.0 Å². The molecule has 1 aromatic heterocycles. The van der Waals surface area contributed by atoms with Crippen LogP contribution in [0.15, 0.2) is 86.9 Å². The summed E-state index contributed by atoms with van der Waals surface area (Å²) in [6, 6.07) is 21.2. The van der Waals surface area contributed by atoms with E-state index < -0.39 is 5.82 Å². The van der Waals surface area contributed by atoms with Gasteiger partial charge in [0.15, 0.2) is 0 Å². The molecule has 5 rings (SSSR count). The number of carbonyl (C=O) groups is 2.